The molecule has 130 valence electrons. The molecular formula is C20H16N2S4. The maximum atomic E-state index is 4.54. The number of hydrogen-bond donors (Lipinski definition) is 0. The number of pyridine rings is 2. The standard InChI is InChI=1S/C20H16N2S4/c1-15(17-3-7-21-8-4-17)26(16(2)18-5-9-22-10-6-18)14-13-25-20(26)19-23-11-12-24-19/h3-14H,1-2H2. The molecule has 2 aliphatic heterocycles. The SMILES string of the molecule is C=C(c1ccncc1)S1(C(=C)c2ccncc2)C=CSC1=C1SC=CS1. The van der Waals surface area contributed by atoms with E-state index in [9.17, 15) is 0 Å². The van der Waals surface area contributed by atoms with Crippen LogP contribution in [0, 0.1) is 0 Å². The highest BCUT2D eigenvalue weighted by molar-refractivity contribution is 8.59. The molecule has 4 heterocycles. The first-order valence-electron chi connectivity index (χ1n) is 7.81. The van der Waals surface area contributed by atoms with E-state index in [4.69, 9.17) is 0 Å². The second-order valence-electron chi connectivity index (χ2n) is 5.45. The van der Waals surface area contributed by atoms with Crippen molar-refractivity contribution in [1.29, 1.82) is 0 Å². The zero-order chi connectivity index (χ0) is 18.0. The number of nitrogens with zero attached hydrogens (tertiary/aromatic N) is 2. The maximum Gasteiger partial charge on any atom is 0.0685 e. The largest absolute Gasteiger partial charge is 0.265 e. The Labute approximate surface area is 168 Å². The summed E-state index contributed by atoms with van der Waals surface area (Å²) < 4.78 is 2.67. The third-order valence-corrected chi connectivity index (χ3v) is 12.0. The van der Waals surface area contributed by atoms with Crippen molar-refractivity contribution in [1.82, 2.24) is 9.97 Å². The summed E-state index contributed by atoms with van der Waals surface area (Å²) in [6.07, 6.45) is 7.29. The Hall–Kier alpha value is -1.60. The molecule has 0 saturated heterocycles. The van der Waals surface area contributed by atoms with Crippen LogP contribution in [-0.4, -0.2) is 9.97 Å². The van der Waals surface area contributed by atoms with E-state index in [2.05, 4.69) is 44.8 Å². The van der Waals surface area contributed by atoms with Crippen LogP contribution >= 0.6 is 45.3 Å². The van der Waals surface area contributed by atoms with E-state index < -0.39 is 10.0 Å². The van der Waals surface area contributed by atoms with Crippen LogP contribution in [0.2, 0.25) is 0 Å². The first kappa shape index (κ1) is 17.8. The van der Waals surface area contributed by atoms with Gasteiger partial charge in [0.2, 0.25) is 0 Å². The average molecular weight is 413 g/mol. The smallest absolute Gasteiger partial charge is 0.0685 e. The molecule has 0 saturated carbocycles. The Morgan fingerprint density at radius 2 is 1.23 bits per heavy atom. The summed E-state index contributed by atoms with van der Waals surface area (Å²) in [5.41, 5.74) is 2.22. The summed E-state index contributed by atoms with van der Waals surface area (Å²) in [4.78, 5) is 10.5. The molecule has 0 fully saturated rings. The molecular weight excluding hydrogens is 397 g/mol. The van der Waals surface area contributed by atoms with Gasteiger partial charge in [-0.05, 0) is 57.0 Å². The van der Waals surface area contributed by atoms with Gasteiger partial charge in [-0.15, -0.1) is 10.0 Å². The van der Waals surface area contributed by atoms with Gasteiger partial charge in [-0.1, -0.05) is 48.4 Å². The Bertz CT molecular complexity index is 885. The second kappa shape index (κ2) is 7.56. The van der Waals surface area contributed by atoms with Gasteiger partial charge in [-0.2, -0.15) is 0 Å². The van der Waals surface area contributed by atoms with Gasteiger partial charge in [0.25, 0.3) is 0 Å². The monoisotopic (exact) mass is 412 g/mol. The van der Waals surface area contributed by atoms with Crippen molar-refractivity contribution < 1.29 is 0 Å². The summed E-state index contributed by atoms with van der Waals surface area (Å²) in [5, 5.41) is 8.78. The molecule has 2 aromatic heterocycles. The zero-order valence-corrected chi connectivity index (χ0v) is 17.1. The minimum atomic E-state index is -1.61. The molecule has 0 spiro atoms. The van der Waals surface area contributed by atoms with Crippen LogP contribution in [0.3, 0.4) is 0 Å². The van der Waals surface area contributed by atoms with Crippen molar-refractivity contribution in [3.8, 4) is 0 Å². The first-order valence-corrected chi connectivity index (χ1v) is 12.1. The number of thioether (sulfide) groups is 3. The van der Waals surface area contributed by atoms with E-state index in [0.29, 0.717) is 0 Å². The van der Waals surface area contributed by atoms with Crippen molar-refractivity contribution >= 4 is 55.1 Å². The lowest BCUT2D eigenvalue weighted by Gasteiger charge is -2.40. The normalized spacial score (nSPS) is 18.9. The van der Waals surface area contributed by atoms with Crippen LogP contribution in [0.25, 0.3) is 9.81 Å². The number of hydrogen-bond acceptors (Lipinski definition) is 5. The predicted octanol–water partition coefficient (Wildman–Crippen LogP) is 7.22. The quantitative estimate of drug-likeness (QED) is 0.528. The lowest BCUT2D eigenvalue weighted by molar-refractivity contribution is 1.32. The van der Waals surface area contributed by atoms with Gasteiger partial charge in [0.15, 0.2) is 0 Å². The Morgan fingerprint density at radius 1 is 0.731 bits per heavy atom. The molecule has 2 aromatic rings. The predicted molar refractivity (Wildman–Crippen MR) is 122 cm³/mol. The van der Waals surface area contributed by atoms with Crippen LogP contribution in [0.5, 0.6) is 0 Å². The minimum Gasteiger partial charge on any atom is -0.265 e. The van der Waals surface area contributed by atoms with Crippen LogP contribution in [0.15, 0.2) is 92.3 Å². The molecule has 0 atom stereocenters. The molecule has 0 aliphatic carbocycles. The Morgan fingerprint density at radius 3 is 1.73 bits per heavy atom. The van der Waals surface area contributed by atoms with E-state index in [0.717, 1.165) is 20.9 Å². The van der Waals surface area contributed by atoms with Crippen molar-refractivity contribution in [2.45, 2.75) is 0 Å². The van der Waals surface area contributed by atoms with Crippen molar-refractivity contribution in [2.24, 2.45) is 0 Å². The van der Waals surface area contributed by atoms with Crippen LogP contribution in [-0.2, 0) is 0 Å². The van der Waals surface area contributed by atoms with Gasteiger partial charge >= 0.3 is 0 Å². The molecule has 4 rings (SSSR count). The van der Waals surface area contributed by atoms with Gasteiger partial charge in [0, 0.05) is 34.6 Å². The summed E-state index contributed by atoms with van der Waals surface area (Å²) in [5.74, 6) is 0. The van der Waals surface area contributed by atoms with E-state index in [1.807, 2.05) is 49.1 Å². The van der Waals surface area contributed by atoms with Gasteiger partial charge in [0.1, 0.15) is 0 Å². The van der Waals surface area contributed by atoms with Crippen LogP contribution in [0.1, 0.15) is 11.1 Å². The van der Waals surface area contributed by atoms with Gasteiger partial charge in [-0.3, -0.25) is 9.97 Å². The maximum absolute atomic E-state index is 4.54. The number of rotatable bonds is 4. The fourth-order valence-electron chi connectivity index (χ4n) is 2.78. The molecule has 2 aliphatic rings. The van der Waals surface area contributed by atoms with Gasteiger partial charge in [0.05, 0.1) is 8.47 Å². The average Bonchev–Trinajstić information content (AvgIpc) is 3.38. The third kappa shape index (κ3) is 3.01. The molecule has 26 heavy (non-hydrogen) atoms. The highest BCUT2D eigenvalue weighted by Gasteiger charge is 2.39. The molecule has 0 unspecified atom stereocenters. The summed E-state index contributed by atoms with van der Waals surface area (Å²) in [6.45, 7) is 9.08. The lowest BCUT2D eigenvalue weighted by Crippen LogP contribution is -2.02. The molecule has 0 amide bonds. The third-order valence-electron chi connectivity index (χ3n) is 4.08. The van der Waals surface area contributed by atoms with Gasteiger partial charge in [-0.25, -0.2) is 0 Å². The fourth-order valence-corrected chi connectivity index (χ4v) is 11.0. The van der Waals surface area contributed by atoms with Crippen molar-refractivity contribution in [3.05, 3.63) is 103 Å². The summed E-state index contributed by atoms with van der Waals surface area (Å²) >= 11 is 5.36. The highest BCUT2D eigenvalue weighted by Crippen LogP contribution is 2.81. The van der Waals surface area contributed by atoms with Crippen LogP contribution < -0.4 is 0 Å². The first-order chi connectivity index (χ1) is 12.7. The summed E-state index contributed by atoms with van der Waals surface area (Å²) in [6, 6.07) is 8.12. The molecule has 2 nitrogen and oxygen atoms in total. The van der Waals surface area contributed by atoms with Crippen molar-refractivity contribution in [2.75, 3.05) is 0 Å². The zero-order valence-electron chi connectivity index (χ0n) is 13.9. The molecule has 6 heteroatoms. The topological polar surface area (TPSA) is 25.8 Å². The molecule has 0 radical (unpaired) electrons. The Balaban J connectivity index is 1.90. The summed E-state index contributed by atoms with van der Waals surface area (Å²) in [7, 11) is -1.61. The van der Waals surface area contributed by atoms with Gasteiger partial charge < -0.3 is 0 Å². The van der Waals surface area contributed by atoms with Crippen molar-refractivity contribution in [3.63, 3.8) is 0 Å². The Kier molecular flexibility index (Phi) is 5.18. The molecule has 0 bridgehead atoms. The molecule has 0 N–H and O–H groups in total. The lowest BCUT2D eigenvalue weighted by atomic mass is 10.3. The number of aromatic nitrogens is 2. The van der Waals surface area contributed by atoms with E-state index in [-0.39, 0.29) is 0 Å². The highest BCUT2D eigenvalue weighted by atomic mass is 32.3. The molecule has 0 aromatic carbocycles. The van der Waals surface area contributed by atoms with Crippen LogP contribution in [0.4, 0.5) is 0 Å². The van der Waals surface area contributed by atoms with E-state index in [1.165, 1.54) is 8.47 Å². The fraction of sp³-hybridized carbons (Fsp3) is 0. The van der Waals surface area contributed by atoms with E-state index in [1.54, 1.807) is 35.3 Å². The second-order valence-corrected chi connectivity index (χ2v) is 11.7. The van der Waals surface area contributed by atoms with E-state index >= 15 is 0 Å². The minimum absolute atomic E-state index is 1.10.